The van der Waals surface area contributed by atoms with Crippen LogP contribution in [0.4, 0.5) is 5.69 Å². The third kappa shape index (κ3) is 5.91. The van der Waals surface area contributed by atoms with Gasteiger partial charge in [0.15, 0.2) is 0 Å². The number of carbonyl (C=O) groups is 1. The van der Waals surface area contributed by atoms with Gasteiger partial charge in [0.1, 0.15) is 6.29 Å². The van der Waals surface area contributed by atoms with E-state index >= 15 is 0 Å². The molecule has 0 spiro atoms. The standard InChI is InChI=1S/C16H24N4OS/c1-18-15-5-4-14(10-13(15)6-9-21)16(22-2)11-20-12-19-8-3-7-17/h4-5,9-12,18H,3,6-8,17H2,1-2H3,(H,19,20)/b16-11-. The highest BCUT2D eigenvalue weighted by Gasteiger charge is 2.05. The van der Waals surface area contributed by atoms with Crippen molar-refractivity contribution in [2.45, 2.75) is 12.8 Å². The number of aldehydes is 1. The summed E-state index contributed by atoms with van der Waals surface area (Å²) in [6.45, 7) is 1.38. The topological polar surface area (TPSA) is 79.5 Å². The Morgan fingerprint density at radius 1 is 1.45 bits per heavy atom. The Kier molecular flexibility index (Phi) is 9.02. The molecule has 1 rings (SSSR count). The summed E-state index contributed by atoms with van der Waals surface area (Å²) in [7, 11) is 1.86. The maximum atomic E-state index is 10.8. The molecule has 0 aromatic heterocycles. The van der Waals surface area contributed by atoms with Crippen LogP contribution in [0.1, 0.15) is 17.5 Å². The lowest BCUT2D eigenvalue weighted by molar-refractivity contribution is -0.107. The highest BCUT2D eigenvalue weighted by Crippen LogP contribution is 2.28. The van der Waals surface area contributed by atoms with Crippen LogP contribution in [0, 0.1) is 0 Å². The van der Waals surface area contributed by atoms with E-state index in [1.54, 1.807) is 18.1 Å². The summed E-state index contributed by atoms with van der Waals surface area (Å²) in [5.41, 5.74) is 8.46. The number of rotatable bonds is 10. The Morgan fingerprint density at radius 3 is 2.91 bits per heavy atom. The summed E-state index contributed by atoms with van der Waals surface area (Å²) >= 11 is 1.64. The SMILES string of the molecule is CNc1ccc(/C(=C/NC=NCCCN)SC)cc1CC=O. The van der Waals surface area contributed by atoms with Gasteiger partial charge in [0.2, 0.25) is 0 Å². The van der Waals surface area contributed by atoms with E-state index in [2.05, 4.69) is 15.6 Å². The largest absolute Gasteiger partial charge is 0.388 e. The molecule has 0 aliphatic heterocycles. The van der Waals surface area contributed by atoms with Crippen molar-refractivity contribution in [1.29, 1.82) is 0 Å². The zero-order valence-electron chi connectivity index (χ0n) is 13.1. The Balaban J connectivity index is 2.83. The molecule has 1 aromatic rings. The molecule has 0 bridgehead atoms. The molecule has 0 atom stereocenters. The van der Waals surface area contributed by atoms with Crippen LogP contribution < -0.4 is 16.4 Å². The first-order chi connectivity index (χ1) is 10.8. The minimum atomic E-state index is 0.402. The summed E-state index contributed by atoms with van der Waals surface area (Å²) in [5.74, 6) is 0. The van der Waals surface area contributed by atoms with Crippen LogP contribution in [0.3, 0.4) is 0 Å². The van der Waals surface area contributed by atoms with Crippen LogP contribution >= 0.6 is 11.8 Å². The number of benzene rings is 1. The van der Waals surface area contributed by atoms with Crippen molar-refractivity contribution in [3.05, 3.63) is 35.5 Å². The molecular weight excluding hydrogens is 296 g/mol. The van der Waals surface area contributed by atoms with Gasteiger partial charge in [-0.1, -0.05) is 6.07 Å². The summed E-state index contributed by atoms with van der Waals surface area (Å²) in [6, 6.07) is 6.07. The molecular formula is C16H24N4OS. The molecule has 0 heterocycles. The van der Waals surface area contributed by atoms with E-state index in [0.29, 0.717) is 13.0 Å². The van der Waals surface area contributed by atoms with E-state index in [1.165, 1.54) is 0 Å². The first-order valence-corrected chi connectivity index (χ1v) is 8.42. The average Bonchev–Trinajstić information content (AvgIpc) is 2.54. The maximum Gasteiger partial charge on any atom is 0.124 e. The molecule has 0 aliphatic rings. The lowest BCUT2D eigenvalue weighted by Crippen LogP contribution is -2.05. The summed E-state index contributed by atoms with van der Waals surface area (Å²) in [5, 5.41) is 6.18. The molecule has 0 fully saturated rings. The van der Waals surface area contributed by atoms with Crippen molar-refractivity contribution in [2.24, 2.45) is 10.7 Å². The molecule has 0 unspecified atom stereocenters. The van der Waals surface area contributed by atoms with E-state index in [-0.39, 0.29) is 0 Å². The first kappa shape index (κ1) is 18.3. The van der Waals surface area contributed by atoms with Gasteiger partial charge in [-0.25, -0.2) is 0 Å². The number of hydrogen-bond donors (Lipinski definition) is 3. The molecule has 0 amide bonds. The van der Waals surface area contributed by atoms with Crippen molar-refractivity contribution in [2.75, 3.05) is 31.7 Å². The number of aliphatic imine (C=N–C) groups is 1. The molecule has 1 aromatic carbocycles. The predicted octanol–water partition coefficient (Wildman–Crippen LogP) is 2.10. The van der Waals surface area contributed by atoms with Crippen LogP contribution in [-0.4, -0.2) is 39.0 Å². The molecule has 5 nitrogen and oxygen atoms in total. The van der Waals surface area contributed by atoms with E-state index < -0.39 is 0 Å². The number of nitrogens with zero attached hydrogens (tertiary/aromatic N) is 1. The van der Waals surface area contributed by atoms with Gasteiger partial charge in [0.25, 0.3) is 0 Å². The van der Waals surface area contributed by atoms with Crippen LogP contribution in [0.15, 0.2) is 29.4 Å². The first-order valence-electron chi connectivity index (χ1n) is 7.20. The monoisotopic (exact) mass is 320 g/mol. The Labute approximate surface area is 136 Å². The molecule has 4 N–H and O–H groups in total. The fourth-order valence-corrected chi connectivity index (χ4v) is 2.47. The highest BCUT2D eigenvalue weighted by atomic mass is 32.2. The van der Waals surface area contributed by atoms with Gasteiger partial charge in [-0.05, 0) is 42.5 Å². The quantitative estimate of drug-likeness (QED) is 0.266. The number of anilines is 1. The van der Waals surface area contributed by atoms with Crippen molar-refractivity contribution < 1.29 is 4.79 Å². The van der Waals surface area contributed by atoms with Crippen molar-refractivity contribution in [3.8, 4) is 0 Å². The van der Waals surface area contributed by atoms with Gasteiger partial charge in [-0.15, -0.1) is 11.8 Å². The zero-order chi connectivity index (χ0) is 16.2. The summed E-state index contributed by atoms with van der Waals surface area (Å²) < 4.78 is 0. The van der Waals surface area contributed by atoms with Crippen molar-refractivity contribution >= 4 is 35.0 Å². The molecule has 6 heteroatoms. The van der Waals surface area contributed by atoms with Gasteiger partial charge < -0.3 is 21.2 Å². The molecule has 0 saturated carbocycles. The number of thioether (sulfide) groups is 1. The van der Waals surface area contributed by atoms with Gasteiger partial charge in [-0.2, -0.15) is 0 Å². The van der Waals surface area contributed by atoms with Crippen molar-refractivity contribution in [1.82, 2.24) is 5.32 Å². The molecule has 0 radical (unpaired) electrons. The van der Waals surface area contributed by atoms with E-state index in [0.717, 1.165) is 41.0 Å². The minimum absolute atomic E-state index is 0.402. The van der Waals surface area contributed by atoms with Crippen LogP contribution in [-0.2, 0) is 11.2 Å². The predicted molar refractivity (Wildman–Crippen MR) is 97.4 cm³/mol. The smallest absolute Gasteiger partial charge is 0.124 e. The minimum Gasteiger partial charge on any atom is -0.388 e. The second-order valence-electron chi connectivity index (χ2n) is 4.55. The molecule has 0 aliphatic carbocycles. The normalized spacial score (nSPS) is 11.7. The van der Waals surface area contributed by atoms with Crippen LogP contribution in [0.5, 0.6) is 0 Å². The second kappa shape index (κ2) is 10.9. The lowest BCUT2D eigenvalue weighted by Gasteiger charge is -2.11. The van der Waals surface area contributed by atoms with Crippen LogP contribution in [0.2, 0.25) is 0 Å². The second-order valence-corrected chi connectivity index (χ2v) is 5.40. The van der Waals surface area contributed by atoms with E-state index in [1.807, 2.05) is 37.7 Å². The number of hydrogen-bond acceptors (Lipinski definition) is 5. The number of carbonyl (C=O) groups excluding carboxylic acids is 1. The summed E-state index contributed by atoms with van der Waals surface area (Å²) in [4.78, 5) is 16.1. The average molecular weight is 320 g/mol. The fourth-order valence-electron chi connectivity index (χ4n) is 1.92. The highest BCUT2D eigenvalue weighted by molar-refractivity contribution is 8.07. The summed E-state index contributed by atoms with van der Waals surface area (Å²) in [6.07, 6.45) is 7.82. The molecule has 0 saturated heterocycles. The third-order valence-electron chi connectivity index (χ3n) is 3.05. The maximum absolute atomic E-state index is 10.8. The fraction of sp³-hybridized carbons (Fsp3) is 0.375. The van der Waals surface area contributed by atoms with Crippen LogP contribution in [0.25, 0.3) is 4.91 Å². The molecule has 120 valence electrons. The molecule has 22 heavy (non-hydrogen) atoms. The van der Waals surface area contributed by atoms with E-state index in [4.69, 9.17) is 5.73 Å². The lowest BCUT2D eigenvalue weighted by atomic mass is 10.1. The third-order valence-corrected chi connectivity index (χ3v) is 3.85. The van der Waals surface area contributed by atoms with Gasteiger partial charge in [0.05, 0.1) is 6.34 Å². The van der Waals surface area contributed by atoms with Gasteiger partial charge in [-0.3, -0.25) is 4.99 Å². The van der Waals surface area contributed by atoms with Crippen molar-refractivity contribution in [3.63, 3.8) is 0 Å². The Bertz CT molecular complexity index is 529. The zero-order valence-corrected chi connectivity index (χ0v) is 14.0. The number of nitrogens with two attached hydrogens (primary N) is 1. The van der Waals surface area contributed by atoms with Gasteiger partial charge in [0, 0.05) is 36.8 Å². The van der Waals surface area contributed by atoms with E-state index in [9.17, 15) is 4.79 Å². The number of nitrogens with one attached hydrogen (secondary N) is 2. The Morgan fingerprint density at radius 2 is 2.27 bits per heavy atom. The Hall–Kier alpha value is -1.79. The van der Waals surface area contributed by atoms with Gasteiger partial charge >= 0.3 is 0 Å².